The van der Waals surface area contributed by atoms with Gasteiger partial charge in [-0.3, -0.25) is 4.90 Å². The van der Waals surface area contributed by atoms with Gasteiger partial charge in [-0.2, -0.15) is 4.98 Å². The first-order valence-electron chi connectivity index (χ1n) is 13.8. The molecule has 5 rings (SSSR count). The van der Waals surface area contributed by atoms with Gasteiger partial charge in [0.05, 0.1) is 34.0 Å². The Labute approximate surface area is 241 Å². The number of nitrogens with zero attached hydrogens (tertiary/aromatic N) is 4. The van der Waals surface area contributed by atoms with Gasteiger partial charge in [0.1, 0.15) is 17.3 Å². The predicted octanol–water partition coefficient (Wildman–Crippen LogP) is 4.92. The van der Waals surface area contributed by atoms with Crippen LogP contribution in [0.1, 0.15) is 24.0 Å². The van der Waals surface area contributed by atoms with E-state index in [0.29, 0.717) is 28.8 Å². The number of piperidine rings is 1. The van der Waals surface area contributed by atoms with Gasteiger partial charge in [0, 0.05) is 43.1 Å². The number of fused-ring (bicyclic) bond motifs is 1. The summed E-state index contributed by atoms with van der Waals surface area (Å²) in [7, 11) is 8.63. The first-order valence-corrected chi connectivity index (χ1v) is 13.8. The molecule has 3 aromatic carbocycles. The van der Waals surface area contributed by atoms with E-state index in [1.54, 1.807) is 28.4 Å². The zero-order valence-corrected chi connectivity index (χ0v) is 24.5. The van der Waals surface area contributed by atoms with Gasteiger partial charge >= 0.3 is 0 Å². The first kappa shape index (κ1) is 28.3. The van der Waals surface area contributed by atoms with Crippen molar-refractivity contribution >= 4 is 22.7 Å². The zero-order valence-electron chi connectivity index (χ0n) is 24.5. The number of benzene rings is 3. The fraction of sp³-hybridized carbons (Fsp3) is 0.375. The van der Waals surface area contributed by atoms with Gasteiger partial charge in [0.2, 0.25) is 5.95 Å². The van der Waals surface area contributed by atoms with Gasteiger partial charge in [0.25, 0.3) is 0 Å². The van der Waals surface area contributed by atoms with E-state index in [0.717, 1.165) is 55.9 Å². The van der Waals surface area contributed by atoms with Gasteiger partial charge < -0.3 is 29.6 Å². The van der Waals surface area contributed by atoms with Crippen LogP contribution < -0.4 is 29.6 Å². The smallest absolute Gasteiger partial charge is 0.227 e. The van der Waals surface area contributed by atoms with E-state index in [4.69, 9.17) is 29.7 Å². The topological polar surface area (TPSA) is 95.2 Å². The molecule has 0 bridgehead atoms. The van der Waals surface area contributed by atoms with Crippen LogP contribution in [0.3, 0.4) is 0 Å². The summed E-state index contributed by atoms with van der Waals surface area (Å²) in [5, 5.41) is 0.736. The lowest BCUT2D eigenvalue weighted by atomic mass is 9.72. The van der Waals surface area contributed by atoms with Crippen LogP contribution >= 0.6 is 0 Å². The predicted molar refractivity (Wildman–Crippen MR) is 163 cm³/mol. The molecule has 0 spiro atoms. The second-order valence-corrected chi connectivity index (χ2v) is 10.6. The molecule has 0 unspecified atom stereocenters. The molecule has 1 fully saturated rings. The van der Waals surface area contributed by atoms with Gasteiger partial charge in [-0.05, 0) is 55.3 Å². The summed E-state index contributed by atoms with van der Waals surface area (Å²) < 4.78 is 21.9. The normalized spacial score (nSPS) is 15.0. The Bertz CT molecular complexity index is 1470. The van der Waals surface area contributed by atoms with E-state index in [9.17, 15) is 0 Å². The summed E-state index contributed by atoms with van der Waals surface area (Å²) in [5.41, 5.74) is 9.58. The lowest BCUT2D eigenvalue weighted by Gasteiger charge is -2.44. The molecule has 2 heterocycles. The molecule has 1 saturated heterocycles. The maximum Gasteiger partial charge on any atom is 0.227 e. The highest BCUT2D eigenvalue weighted by molar-refractivity contribution is 5.91. The Morgan fingerprint density at radius 3 is 2.07 bits per heavy atom. The van der Waals surface area contributed by atoms with E-state index < -0.39 is 0 Å². The van der Waals surface area contributed by atoms with Crippen molar-refractivity contribution in [2.24, 2.45) is 0 Å². The van der Waals surface area contributed by atoms with Crippen molar-refractivity contribution in [3.63, 3.8) is 0 Å². The van der Waals surface area contributed by atoms with Crippen molar-refractivity contribution < 1.29 is 18.9 Å². The van der Waals surface area contributed by atoms with Crippen LogP contribution in [-0.4, -0.2) is 70.0 Å². The summed E-state index contributed by atoms with van der Waals surface area (Å²) in [6.07, 6.45) is 1.99. The molecule has 1 aliphatic heterocycles. The van der Waals surface area contributed by atoms with Gasteiger partial charge in [-0.1, -0.05) is 30.3 Å². The number of hydrogen-bond donors (Lipinski definition) is 1. The number of likely N-dealkylation sites (N-methyl/N-ethyl adjacent to an activating group) is 1. The minimum absolute atomic E-state index is 0.0662. The molecular weight excluding hydrogens is 518 g/mol. The van der Waals surface area contributed by atoms with Crippen LogP contribution in [0.4, 0.5) is 11.8 Å². The third kappa shape index (κ3) is 5.95. The fourth-order valence-electron chi connectivity index (χ4n) is 5.85. The van der Waals surface area contributed by atoms with E-state index in [1.165, 1.54) is 11.1 Å². The summed E-state index contributed by atoms with van der Waals surface area (Å²) in [6, 6.07) is 20.5. The molecule has 2 N–H and O–H groups in total. The molecular formula is C32H39N5O4. The molecule has 41 heavy (non-hydrogen) atoms. The number of nitrogens with two attached hydrogens (primary N) is 1. The van der Waals surface area contributed by atoms with E-state index >= 15 is 0 Å². The summed E-state index contributed by atoms with van der Waals surface area (Å²) >= 11 is 0. The molecule has 0 radical (unpaired) electrons. The monoisotopic (exact) mass is 557 g/mol. The van der Waals surface area contributed by atoms with Crippen molar-refractivity contribution in [1.82, 2.24) is 14.9 Å². The summed E-state index contributed by atoms with van der Waals surface area (Å²) in [6.45, 7) is 3.51. The second-order valence-electron chi connectivity index (χ2n) is 10.6. The quantitative estimate of drug-likeness (QED) is 0.292. The number of rotatable bonds is 10. The summed E-state index contributed by atoms with van der Waals surface area (Å²) in [5.74, 6) is 3.82. The van der Waals surface area contributed by atoms with Crippen molar-refractivity contribution in [2.45, 2.75) is 24.8 Å². The van der Waals surface area contributed by atoms with E-state index in [2.05, 4.69) is 57.2 Å². The van der Waals surface area contributed by atoms with E-state index in [-0.39, 0.29) is 5.41 Å². The SMILES string of the molecule is COc1cc(CN2CCC(CN(C)c3nc(N)c4cc(OC)c(OC)cc4n3)(c3ccccc3)CC2)cc(OC)c1. The Kier molecular flexibility index (Phi) is 8.35. The van der Waals surface area contributed by atoms with Crippen LogP contribution in [0.25, 0.3) is 10.9 Å². The Morgan fingerprint density at radius 2 is 1.46 bits per heavy atom. The second kappa shape index (κ2) is 12.1. The van der Waals surface area contributed by atoms with Crippen molar-refractivity contribution in [1.29, 1.82) is 0 Å². The highest BCUT2D eigenvalue weighted by Crippen LogP contribution is 2.39. The average Bonchev–Trinajstić information content (AvgIpc) is 3.01. The van der Waals surface area contributed by atoms with Crippen molar-refractivity contribution in [3.8, 4) is 23.0 Å². The molecule has 0 saturated carbocycles. The third-order valence-corrected chi connectivity index (χ3v) is 8.12. The molecule has 4 aromatic rings. The zero-order chi connectivity index (χ0) is 29.0. The van der Waals surface area contributed by atoms with Crippen LogP contribution in [-0.2, 0) is 12.0 Å². The third-order valence-electron chi connectivity index (χ3n) is 8.12. The van der Waals surface area contributed by atoms with Crippen LogP contribution in [0.2, 0.25) is 0 Å². The average molecular weight is 558 g/mol. The molecule has 9 nitrogen and oxygen atoms in total. The molecule has 9 heteroatoms. The largest absolute Gasteiger partial charge is 0.497 e. The number of hydrogen-bond acceptors (Lipinski definition) is 9. The minimum Gasteiger partial charge on any atom is -0.497 e. The maximum absolute atomic E-state index is 6.42. The number of methoxy groups -OCH3 is 4. The summed E-state index contributed by atoms with van der Waals surface area (Å²) in [4.78, 5) is 14.2. The lowest BCUT2D eigenvalue weighted by molar-refractivity contribution is 0.154. The van der Waals surface area contributed by atoms with Crippen molar-refractivity contribution in [2.75, 3.05) is 65.8 Å². The number of likely N-dealkylation sites (tertiary alicyclic amines) is 1. The first-order chi connectivity index (χ1) is 19.9. The molecule has 0 amide bonds. The number of anilines is 2. The Hall–Kier alpha value is -4.24. The van der Waals surface area contributed by atoms with Gasteiger partial charge in [-0.15, -0.1) is 0 Å². The Morgan fingerprint density at radius 1 is 0.829 bits per heavy atom. The number of aromatic nitrogens is 2. The van der Waals surface area contributed by atoms with Crippen LogP contribution in [0, 0.1) is 0 Å². The highest BCUT2D eigenvalue weighted by atomic mass is 16.5. The van der Waals surface area contributed by atoms with Gasteiger partial charge in [-0.25, -0.2) is 4.98 Å². The van der Waals surface area contributed by atoms with Gasteiger partial charge in [0.15, 0.2) is 11.5 Å². The number of ether oxygens (including phenoxy) is 4. The number of nitrogen functional groups attached to an aromatic ring is 1. The van der Waals surface area contributed by atoms with Crippen molar-refractivity contribution in [3.05, 3.63) is 71.8 Å². The van der Waals surface area contributed by atoms with E-state index in [1.807, 2.05) is 25.2 Å². The maximum atomic E-state index is 6.42. The molecule has 0 aliphatic carbocycles. The molecule has 1 aromatic heterocycles. The minimum atomic E-state index is -0.0662. The molecule has 216 valence electrons. The highest BCUT2D eigenvalue weighted by Gasteiger charge is 2.38. The standard InChI is InChI=1S/C32H39N5O4/c1-36(31-34-27-19-29(41-5)28(40-4)18-26(27)30(33)35-31)21-32(23-9-7-6-8-10-23)11-13-37(14-12-32)20-22-15-24(38-2)17-25(16-22)39-3/h6-10,15-19H,11-14,20-21H2,1-5H3,(H2,33,34,35). The Balaban J connectivity index is 1.39. The lowest BCUT2D eigenvalue weighted by Crippen LogP contribution is -2.48. The van der Waals surface area contributed by atoms with Crippen LogP contribution in [0.5, 0.6) is 23.0 Å². The molecule has 0 atom stereocenters. The molecule has 1 aliphatic rings. The van der Waals surface area contributed by atoms with Crippen LogP contribution in [0.15, 0.2) is 60.7 Å². The fourth-order valence-corrected chi connectivity index (χ4v) is 5.85.